The van der Waals surface area contributed by atoms with Crippen molar-refractivity contribution >= 4 is 23.8 Å². The number of aromatic nitrogens is 5. The van der Waals surface area contributed by atoms with Crippen molar-refractivity contribution in [1.29, 1.82) is 0 Å². The van der Waals surface area contributed by atoms with E-state index in [0.717, 1.165) is 24.2 Å². The van der Waals surface area contributed by atoms with Gasteiger partial charge in [-0.15, -0.1) is 10.2 Å². The Labute approximate surface area is 192 Å². The maximum atomic E-state index is 12.2. The Balaban J connectivity index is 1.40. The number of piperidine rings is 1. The molecule has 1 aliphatic carbocycles. The molecular weight excluding hydrogens is 430 g/mol. The number of amides is 1. The van der Waals surface area contributed by atoms with Gasteiger partial charge < -0.3 is 19.5 Å². The van der Waals surface area contributed by atoms with Crippen molar-refractivity contribution in [2.45, 2.75) is 94.8 Å². The first-order valence-corrected chi connectivity index (χ1v) is 12.3. The highest BCUT2D eigenvalue weighted by Crippen LogP contribution is 2.41. The van der Waals surface area contributed by atoms with Gasteiger partial charge in [0, 0.05) is 19.1 Å². The second kappa shape index (κ2) is 8.92. The van der Waals surface area contributed by atoms with Crippen molar-refractivity contribution < 1.29 is 14.1 Å². The lowest BCUT2D eigenvalue weighted by molar-refractivity contribution is 0.0465. The van der Waals surface area contributed by atoms with Crippen LogP contribution in [0, 0.1) is 0 Å². The molecule has 1 amide bonds. The molecule has 0 spiro atoms. The van der Waals surface area contributed by atoms with Crippen molar-refractivity contribution in [2.24, 2.45) is 0 Å². The minimum atomic E-state index is -0.829. The van der Waals surface area contributed by atoms with E-state index in [-0.39, 0.29) is 0 Å². The highest BCUT2D eigenvalue weighted by molar-refractivity contribution is 7.98. The zero-order chi connectivity index (χ0) is 22.9. The van der Waals surface area contributed by atoms with Crippen LogP contribution < -0.4 is 10.2 Å². The summed E-state index contributed by atoms with van der Waals surface area (Å²) in [6.07, 6.45) is 5.51. The predicted molar refractivity (Wildman–Crippen MR) is 121 cm³/mol. The Hall–Kier alpha value is -2.30. The van der Waals surface area contributed by atoms with Crippen LogP contribution in [0.4, 0.5) is 10.7 Å². The first-order chi connectivity index (χ1) is 15.1. The van der Waals surface area contributed by atoms with Gasteiger partial charge in [0.2, 0.25) is 11.8 Å². The quantitative estimate of drug-likeness (QED) is 0.608. The number of rotatable bonds is 7. The monoisotopic (exact) mass is 463 g/mol. The van der Waals surface area contributed by atoms with Gasteiger partial charge >= 0.3 is 6.09 Å². The zero-order valence-corrected chi connectivity index (χ0v) is 20.4. The van der Waals surface area contributed by atoms with Crippen molar-refractivity contribution in [3.8, 4) is 0 Å². The average molecular weight is 464 g/mol. The molecule has 1 aliphatic heterocycles. The SMILES string of the molecule is CC(C)(C)OC(=O)NC(C)(C)c1noc(CSc2nnc(N3CCCCC3)n2C2CC2)n1. The summed E-state index contributed by atoms with van der Waals surface area (Å²) in [5.74, 6) is 2.36. The molecule has 2 aromatic heterocycles. The van der Waals surface area contributed by atoms with E-state index in [0.29, 0.717) is 23.5 Å². The second-order valence-corrected chi connectivity index (χ2v) is 10.9. The number of nitrogens with zero attached hydrogens (tertiary/aromatic N) is 6. The van der Waals surface area contributed by atoms with Crippen LogP contribution in [0.5, 0.6) is 0 Å². The molecule has 2 aromatic rings. The minimum Gasteiger partial charge on any atom is -0.444 e. The molecule has 0 aromatic carbocycles. The molecule has 4 rings (SSSR count). The van der Waals surface area contributed by atoms with Crippen LogP contribution >= 0.6 is 11.8 Å². The van der Waals surface area contributed by atoms with Gasteiger partial charge in [-0.2, -0.15) is 4.98 Å². The van der Waals surface area contributed by atoms with Crippen LogP contribution in [0.2, 0.25) is 0 Å². The Morgan fingerprint density at radius 2 is 1.88 bits per heavy atom. The third-order valence-electron chi connectivity index (χ3n) is 5.36. The Morgan fingerprint density at radius 1 is 1.16 bits per heavy atom. The van der Waals surface area contributed by atoms with Gasteiger partial charge in [0.1, 0.15) is 11.1 Å². The number of carbonyl (C=O) groups is 1. The molecule has 3 heterocycles. The van der Waals surface area contributed by atoms with Crippen LogP contribution in [-0.2, 0) is 16.0 Å². The number of hydrogen-bond donors (Lipinski definition) is 1. The van der Waals surface area contributed by atoms with Gasteiger partial charge in [-0.25, -0.2) is 4.79 Å². The molecule has 1 saturated heterocycles. The largest absolute Gasteiger partial charge is 0.444 e. The molecule has 10 nitrogen and oxygen atoms in total. The summed E-state index contributed by atoms with van der Waals surface area (Å²) in [7, 11) is 0. The number of hydrogen-bond acceptors (Lipinski definition) is 9. The first kappa shape index (κ1) is 22.9. The molecule has 32 heavy (non-hydrogen) atoms. The van der Waals surface area contributed by atoms with E-state index in [1.165, 1.54) is 32.1 Å². The highest BCUT2D eigenvalue weighted by atomic mass is 32.2. The van der Waals surface area contributed by atoms with Gasteiger partial charge in [0.15, 0.2) is 11.0 Å². The molecule has 0 unspecified atom stereocenters. The number of ether oxygens (including phenoxy) is 1. The number of carbonyl (C=O) groups excluding carboxylic acids is 1. The summed E-state index contributed by atoms with van der Waals surface area (Å²) in [5, 5.41) is 16.7. The van der Waals surface area contributed by atoms with E-state index >= 15 is 0 Å². The number of thioether (sulfide) groups is 1. The Kier molecular flexibility index (Phi) is 6.37. The topological polar surface area (TPSA) is 111 Å². The van der Waals surface area contributed by atoms with E-state index in [9.17, 15) is 4.79 Å². The van der Waals surface area contributed by atoms with E-state index in [2.05, 4.69) is 35.1 Å². The molecule has 11 heteroatoms. The van der Waals surface area contributed by atoms with Crippen molar-refractivity contribution in [3.63, 3.8) is 0 Å². The van der Waals surface area contributed by atoms with Gasteiger partial charge in [-0.05, 0) is 66.7 Å². The van der Waals surface area contributed by atoms with Gasteiger partial charge in [0.25, 0.3) is 0 Å². The summed E-state index contributed by atoms with van der Waals surface area (Å²) in [5.41, 5.74) is -1.41. The third kappa shape index (κ3) is 5.54. The fourth-order valence-electron chi connectivity index (χ4n) is 3.64. The molecule has 0 atom stereocenters. The highest BCUT2D eigenvalue weighted by Gasteiger charge is 2.33. The molecule has 2 fully saturated rings. The molecule has 1 saturated carbocycles. The van der Waals surface area contributed by atoms with Gasteiger partial charge in [0.05, 0.1) is 5.75 Å². The van der Waals surface area contributed by atoms with Crippen molar-refractivity contribution in [1.82, 2.24) is 30.2 Å². The fraction of sp³-hybridized carbons (Fsp3) is 0.762. The second-order valence-electron chi connectivity index (χ2n) is 9.98. The summed E-state index contributed by atoms with van der Waals surface area (Å²) < 4.78 is 13.1. The van der Waals surface area contributed by atoms with Gasteiger partial charge in [-0.1, -0.05) is 16.9 Å². The van der Waals surface area contributed by atoms with Crippen LogP contribution in [0.1, 0.15) is 84.5 Å². The third-order valence-corrected chi connectivity index (χ3v) is 6.29. The lowest BCUT2D eigenvalue weighted by Gasteiger charge is -2.27. The van der Waals surface area contributed by atoms with Crippen LogP contribution in [0.15, 0.2) is 9.68 Å². The van der Waals surface area contributed by atoms with Crippen LogP contribution in [0.3, 0.4) is 0 Å². The molecule has 2 aliphatic rings. The molecule has 1 N–H and O–H groups in total. The first-order valence-electron chi connectivity index (χ1n) is 11.3. The summed E-state index contributed by atoms with van der Waals surface area (Å²) in [6.45, 7) is 11.2. The molecule has 0 bridgehead atoms. The molecule has 0 radical (unpaired) electrons. The standard InChI is InChI=1S/C21H33N7O3S/c1-20(2,3)30-19(29)23-21(4,5)16-22-15(31-26-16)13-32-18-25-24-17(28(18)14-9-10-14)27-11-7-6-8-12-27/h14H,6-13H2,1-5H3,(H,23,29). The van der Waals surface area contributed by atoms with E-state index in [1.807, 2.05) is 34.6 Å². The Bertz CT molecular complexity index is 940. The number of anilines is 1. The molecule has 176 valence electrons. The van der Waals surface area contributed by atoms with Crippen LogP contribution in [0.25, 0.3) is 0 Å². The zero-order valence-electron chi connectivity index (χ0n) is 19.6. The minimum absolute atomic E-state index is 0.400. The normalized spacial score (nSPS) is 17.5. The van der Waals surface area contributed by atoms with E-state index in [4.69, 9.17) is 9.26 Å². The fourth-order valence-corrected chi connectivity index (χ4v) is 4.48. The predicted octanol–water partition coefficient (Wildman–Crippen LogP) is 4.04. The van der Waals surface area contributed by atoms with Gasteiger partial charge in [-0.3, -0.25) is 4.57 Å². The average Bonchev–Trinajstić information content (AvgIpc) is 3.26. The summed E-state index contributed by atoms with van der Waals surface area (Å²) >= 11 is 1.55. The smallest absolute Gasteiger partial charge is 0.408 e. The van der Waals surface area contributed by atoms with E-state index < -0.39 is 17.2 Å². The number of nitrogens with one attached hydrogen (secondary N) is 1. The lowest BCUT2D eigenvalue weighted by atomic mass is 10.1. The lowest BCUT2D eigenvalue weighted by Crippen LogP contribution is -2.44. The summed E-state index contributed by atoms with van der Waals surface area (Å²) in [4.78, 5) is 19.0. The number of alkyl carbamates (subject to hydrolysis) is 1. The van der Waals surface area contributed by atoms with Crippen molar-refractivity contribution in [3.05, 3.63) is 11.7 Å². The maximum Gasteiger partial charge on any atom is 0.408 e. The van der Waals surface area contributed by atoms with Crippen LogP contribution in [-0.4, -0.2) is 49.7 Å². The summed E-state index contributed by atoms with van der Waals surface area (Å²) in [6, 6.07) is 0.486. The van der Waals surface area contributed by atoms with Crippen molar-refractivity contribution in [2.75, 3.05) is 18.0 Å². The van der Waals surface area contributed by atoms with E-state index in [1.54, 1.807) is 11.8 Å². The molecular formula is C21H33N7O3S. The maximum absolute atomic E-state index is 12.2. The Morgan fingerprint density at radius 3 is 2.53 bits per heavy atom.